The van der Waals surface area contributed by atoms with Crippen LogP contribution in [0.5, 0.6) is 0 Å². The van der Waals surface area contributed by atoms with Crippen molar-refractivity contribution in [1.82, 2.24) is 0 Å². The third-order valence-corrected chi connectivity index (χ3v) is 3.05. The van der Waals surface area contributed by atoms with Gasteiger partial charge in [0.05, 0.1) is 6.61 Å². The van der Waals surface area contributed by atoms with E-state index in [-0.39, 0.29) is 24.3 Å². The number of esters is 1. The highest BCUT2D eigenvalue weighted by atomic mass is 16.8. The van der Waals surface area contributed by atoms with E-state index in [9.17, 15) is 4.79 Å². The van der Waals surface area contributed by atoms with E-state index in [2.05, 4.69) is 0 Å². The number of rotatable bonds is 2. The van der Waals surface area contributed by atoms with Gasteiger partial charge in [-0.2, -0.15) is 0 Å². The van der Waals surface area contributed by atoms with Crippen molar-refractivity contribution in [3.8, 4) is 0 Å². The van der Waals surface area contributed by atoms with Crippen LogP contribution >= 0.6 is 0 Å². The maximum absolute atomic E-state index is 11.1. The molecule has 3 saturated heterocycles. The van der Waals surface area contributed by atoms with Gasteiger partial charge in [0.2, 0.25) is 0 Å². The lowest BCUT2D eigenvalue weighted by Gasteiger charge is -2.24. The average molecular weight is 244 g/mol. The Morgan fingerprint density at radius 3 is 2.59 bits per heavy atom. The van der Waals surface area contributed by atoms with E-state index in [4.69, 9.17) is 23.7 Å². The zero-order valence-electron chi connectivity index (χ0n) is 10.0. The molecule has 0 amide bonds. The van der Waals surface area contributed by atoms with Crippen LogP contribution in [0.1, 0.15) is 20.8 Å². The highest BCUT2D eigenvalue weighted by molar-refractivity contribution is 5.66. The summed E-state index contributed by atoms with van der Waals surface area (Å²) in [6.07, 6.45) is -1.61. The van der Waals surface area contributed by atoms with E-state index < -0.39 is 18.2 Å². The molecule has 3 aliphatic rings. The van der Waals surface area contributed by atoms with E-state index in [1.165, 1.54) is 6.92 Å². The summed E-state index contributed by atoms with van der Waals surface area (Å²) in [6, 6.07) is 0. The van der Waals surface area contributed by atoms with Gasteiger partial charge in [-0.1, -0.05) is 0 Å². The van der Waals surface area contributed by atoms with Gasteiger partial charge in [-0.05, 0) is 13.8 Å². The number of hydrogen-bond donors (Lipinski definition) is 0. The molecule has 0 aromatic rings. The van der Waals surface area contributed by atoms with Gasteiger partial charge in [-0.3, -0.25) is 4.79 Å². The molecule has 3 aliphatic heterocycles. The molecule has 0 N–H and O–H groups in total. The molecular weight excluding hydrogens is 228 g/mol. The van der Waals surface area contributed by atoms with Gasteiger partial charge in [0.25, 0.3) is 0 Å². The minimum absolute atomic E-state index is 0.0136. The normalized spacial score (nSPS) is 46.6. The second kappa shape index (κ2) is 3.65. The fourth-order valence-electron chi connectivity index (χ4n) is 2.37. The summed E-state index contributed by atoms with van der Waals surface area (Å²) in [5, 5.41) is 0. The molecule has 0 saturated carbocycles. The predicted octanol–water partition coefficient (Wildman–Crippen LogP) is 0.193. The number of fused-ring (bicyclic) bond motifs is 1. The smallest absolute Gasteiger partial charge is 0.303 e. The third kappa shape index (κ3) is 2.06. The van der Waals surface area contributed by atoms with Crippen LogP contribution < -0.4 is 0 Å². The van der Waals surface area contributed by atoms with Crippen LogP contribution in [0.15, 0.2) is 0 Å². The zero-order valence-corrected chi connectivity index (χ0v) is 10.0. The summed E-state index contributed by atoms with van der Waals surface area (Å²) in [6.45, 7) is 5.62. The minimum Gasteiger partial charge on any atom is -0.457 e. The molecule has 96 valence electrons. The van der Waals surface area contributed by atoms with Crippen LogP contribution in [0.2, 0.25) is 0 Å². The van der Waals surface area contributed by atoms with E-state index in [1.807, 2.05) is 13.8 Å². The van der Waals surface area contributed by atoms with E-state index in [1.54, 1.807) is 0 Å². The quantitative estimate of drug-likeness (QED) is 0.510. The van der Waals surface area contributed by atoms with Crippen LogP contribution in [0.4, 0.5) is 0 Å². The molecule has 6 nitrogen and oxygen atoms in total. The summed E-state index contributed by atoms with van der Waals surface area (Å²) >= 11 is 0. The standard InChI is InChI=1S/C11H16O6/c1-5(12)14-8-7(6-4-13-6)15-10-9(8)16-11(2,3)17-10/h6-10H,4H2,1-3H3/t6-,7+,8+,9+,10+/m0/s1. The molecule has 0 aromatic heterocycles. The summed E-state index contributed by atoms with van der Waals surface area (Å²) in [4.78, 5) is 11.1. The zero-order chi connectivity index (χ0) is 12.2. The molecule has 0 spiro atoms. The van der Waals surface area contributed by atoms with Crippen molar-refractivity contribution in [2.75, 3.05) is 6.61 Å². The van der Waals surface area contributed by atoms with E-state index in [0.717, 1.165) is 0 Å². The number of hydrogen-bond acceptors (Lipinski definition) is 6. The van der Waals surface area contributed by atoms with Gasteiger partial charge >= 0.3 is 5.97 Å². The Hall–Kier alpha value is -0.690. The number of carbonyl (C=O) groups excluding carboxylic acids is 1. The maximum Gasteiger partial charge on any atom is 0.303 e. The average Bonchev–Trinajstić information content (AvgIpc) is 2.92. The molecule has 17 heavy (non-hydrogen) atoms. The highest BCUT2D eigenvalue weighted by Crippen LogP contribution is 2.41. The fourth-order valence-corrected chi connectivity index (χ4v) is 2.37. The van der Waals surface area contributed by atoms with Gasteiger partial charge < -0.3 is 23.7 Å². The van der Waals surface area contributed by atoms with E-state index in [0.29, 0.717) is 6.61 Å². The van der Waals surface area contributed by atoms with E-state index >= 15 is 0 Å². The molecule has 0 bridgehead atoms. The first-order valence-corrected chi connectivity index (χ1v) is 5.76. The maximum atomic E-state index is 11.1. The van der Waals surface area contributed by atoms with Crippen molar-refractivity contribution in [1.29, 1.82) is 0 Å². The van der Waals surface area contributed by atoms with Gasteiger partial charge in [0, 0.05) is 6.92 Å². The largest absolute Gasteiger partial charge is 0.457 e. The SMILES string of the molecule is CC(=O)O[C@H]1[C@H]2OC(C)(C)O[C@H]2O[C@@H]1[C@@H]1CO1. The van der Waals surface area contributed by atoms with Crippen molar-refractivity contribution >= 4 is 5.97 Å². The van der Waals surface area contributed by atoms with Crippen LogP contribution in [-0.2, 0) is 28.5 Å². The monoisotopic (exact) mass is 244 g/mol. The van der Waals surface area contributed by atoms with Crippen LogP contribution in [0.3, 0.4) is 0 Å². The van der Waals surface area contributed by atoms with Crippen molar-refractivity contribution in [3.05, 3.63) is 0 Å². The number of ether oxygens (including phenoxy) is 5. The Morgan fingerprint density at radius 1 is 1.29 bits per heavy atom. The summed E-state index contributed by atoms with van der Waals surface area (Å²) in [7, 11) is 0. The van der Waals surface area contributed by atoms with Crippen LogP contribution in [0, 0.1) is 0 Å². The molecule has 5 atom stereocenters. The lowest BCUT2D eigenvalue weighted by Crippen LogP contribution is -2.40. The predicted molar refractivity (Wildman–Crippen MR) is 54.0 cm³/mol. The van der Waals surface area contributed by atoms with Gasteiger partial charge in [0.15, 0.2) is 24.3 Å². The first-order chi connectivity index (χ1) is 7.96. The summed E-state index contributed by atoms with van der Waals surface area (Å²) in [5.41, 5.74) is 0. The Balaban J connectivity index is 1.77. The number of epoxide rings is 1. The second-order valence-electron chi connectivity index (χ2n) is 5.02. The Kier molecular flexibility index (Phi) is 2.45. The van der Waals surface area contributed by atoms with Crippen molar-refractivity contribution in [3.63, 3.8) is 0 Å². The lowest BCUT2D eigenvalue weighted by molar-refractivity contribution is -0.220. The van der Waals surface area contributed by atoms with Gasteiger partial charge in [-0.25, -0.2) is 0 Å². The first-order valence-electron chi connectivity index (χ1n) is 5.76. The van der Waals surface area contributed by atoms with Crippen LogP contribution in [0.25, 0.3) is 0 Å². The fraction of sp³-hybridized carbons (Fsp3) is 0.909. The van der Waals surface area contributed by atoms with Crippen molar-refractivity contribution in [2.45, 2.75) is 57.3 Å². The molecule has 3 fully saturated rings. The Bertz CT molecular complexity index is 337. The summed E-state index contributed by atoms with van der Waals surface area (Å²) < 4.78 is 27.5. The third-order valence-electron chi connectivity index (χ3n) is 3.05. The van der Waals surface area contributed by atoms with Crippen LogP contribution in [-0.4, -0.2) is 49.1 Å². The van der Waals surface area contributed by atoms with Crippen molar-refractivity contribution < 1.29 is 28.5 Å². The molecule has 0 unspecified atom stereocenters. The molecule has 3 rings (SSSR count). The second-order valence-corrected chi connectivity index (χ2v) is 5.02. The van der Waals surface area contributed by atoms with Crippen molar-refractivity contribution in [2.24, 2.45) is 0 Å². The Morgan fingerprint density at radius 2 is 2.00 bits per heavy atom. The minimum atomic E-state index is -0.705. The molecular formula is C11H16O6. The molecule has 0 aromatic carbocycles. The topological polar surface area (TPSA) is 66.5 Å². The highest BCUT2D eigenvalue weighted by Gasteiger charge is 2.60. The molecule has 3 heterocycles. The lowest BCUT2D eigenvalue weighted by atomic mass is 10.1. The van der Waals surface area contributed by atoms with Gasteiger partial charge in [0.1, 0.15) is 12.2 Å². The molecule has 6 heteroatoms. The van der Waals surface area contributed by atoms with Gasteiger partial charge in [-0.15, -0.1) is 0 Å². The molecule has 0 radical (unpaired) electrons. The first kappa shape index (κ1) is 11.4. The Labute approximate surface area is 99.1 Å². The summed E-state index contributed by atoms with van der Waals surface area (Å²) in [5.74, 6) is -1.05. The molecule has 0 aliphatic carbocycles. The number of carbonyl (C=O) groups is 1.